The van der Waals surface area contributed by atoms with Gasteiger partial charge >= 0.3 is 33.7 Å². The third kappa shape index (κ3) is 7.02. The minimum atomic E-state index is -1.62. The molecule has 0 aliphatic rings. The van der Waals surface area contributed by atoms with Crippen LogP contribution in [0.15, 0.2) is 98.1 Å². The largest absolute Gasteiger partial charge is 2.00 e. The first-order valence-electron chi connectivity index (χ1n) is 9.71. The summed E-state index contributed by atoms with van der Waals surface area (Å²) < 4.78 is 0. The van der Waals surface area contributed by atoms with Crippen molar-refractivity contribution in [3.63, 3.8) is 0 Å². The van der Waals surface area contributed by atoms with Crippen LogP contribution in [0.3, 0.4) is 0 Å². The van der Waals surface area contributed by atoms with Crippen molar-refractivity contribution in [3.05, 3.63) is 98.1 Å². The molecule has 0 fully saturated rings. The summed E-state index contributed by atoms with van der Waals surface area (Å²) in [6, 6.07) is 26.9. The van der Waals surface area contributed by atoms with Gasteiger partial charge in [-0.3, -0.25) is 0 Å². The average molecular weight is 478 g/mol. The van der Waals surface area contributed by atoms with Gasteiger partial charge in [-0.15, -0.1) is 69.7 Å². The van der Waals surface area contributed by atoms with Gasteiger partial charge in [0.25, 0.3) is 0 Å². The molecule has 32 heavy (non-hydrogen) atoms. The second-order valence-electron chi connectivity index (χ2n) is 7.46. The molecule has 0 aliphatic carbocycles. The summed E-state index contributed by atoms with van der Waals surface area (Å²) in [6.45, 7) is 10.8. The van der Waals surface area contributed by atoms with Crippen LogP contribution in [0.2, 0.25) is 13.1 Å². The summed E-state index contributed by atoms with van der Waals surface area (Å²) in [4.78, 5) is 18.5. The normalized spacial score (nSPS) is 10.1. The molecule has 0 radical (unpaired) electrons. The van der Waals surface area contributed by atoms with Crippen molar-refractivity contribution in [1.82, 2.24) is 0 Å². The summed E-state index contributed by atoms with van der Waals surface area (Å²) in [5.41, 5.74) is 0. The molecule has 0 spiro atoms. The smallest absolute Gasteiger partial charge is 0.478 e. The predicted molar refractivity (Wildman–Crippen MR) is 131 cm³/mol. The number of carboxylic acid groups (broad SMARTS) is 2. The standard InChI is InChI=1S/C20H18Si.2C3H4O2.Ti/c1-21(2,19-11-15-7-3-4-8-16(15)12-19)20-13-17-9-5-6-10-18(17)14-20;2*1-2-3(4)5;/h3-14H,1-2H3;2*2H,1H2,(H,4,5);/q-2;;;+2. The van der Waals surface area contributed by atoms with Gasteiger partial charge in [-0.25, -0.2) is 9.59 Å². The van der Waals surface area contributed by atoms with Gasteiger partial charge in [0, 0.05) is 12.2 Å². The van der Waals surface area contributed by atoms with Gasteiger partial charge in [0.2, 0.25) is 0 Å². The predicted octanol–water partition coefficient (Wildman–Crippen LogP) is 4.76. The van der Waals surface area contributed by atoms with Crippen LogP contribution in [-0.4, -0.2) is 30.2 Å². The molecular weight excluding hydrogens is 452 g/mol. The van der Waals surface area contributed by atoms with E-state index in [9.17, 15) is 9.59 Å². The zero-order valence-corrected chi connectivity index (χ0v) is 20.8. The second-order valence-corrected chi connectivity index (χ2v) is 11.9. The zero-order valence-electron chi connectivity index (χ0n) is 18.2. The van der Waals surface area contributed by atoms with E-state index in [1.807, 2.05) is 0 Å². The van der Waals surface area contributed by atoms with Gasteiger partial charge in [-0.05, 0) is 0 Å². The first-order valence-corrected chi connectivity index (χ1v) is 12.7. The molecule has 0 heterocycles. The molecule has 0 bridgehead atoms. The average Bonchev–Trinajstić information content (AvgIpc) is 3.39. The molecule has 4 aromatic rings. The molecule has 0 aliphatic heterocycles. The molecule has 0 unspecified atom stereocenters. The maximum atomic E-state index is 9.25. The first-order chi connectivity index (χ1) is 14.7. The topological polar surface area (TPSA) is 74.6 Å². The van der Waals surface area contributed by atoms with Crippen molar-refractivity contribution < 1.29 is 41.5 Å². The monoisotopic (exact) mass is 478 g/mol. The van der Waals surface area contributed by atoms with Crippen molar-refractivity contribution >= 4 is 51.9 Å². The van der Waals surface area contributed by atoms with Gasteiger partial charge in [0.05, 0.1) is 8.07 Å². The third-order valence-electron chi connectivity index (χ3n) is 5.03. The Morgan fingerprint density at radius 2 is 1.09 bits per heavy atom. The Kier molecular flexibility index (Phi) is 10.3. The molecule has 0 saturated heterocycles. The summed E-state index contributed by atoms with van der Waals surface area (Å²) in [7, 11) is -1.62. The van der Waals surface area contributed by atoms with Gasteiger partial charge in [0.1, 0.15) is 0 Å². The quantitative estimate of drug-likeness (QED) is 0.252. The Balaban J connectivity index is 0.000000396. The van der Waals surface area contributed by atoms with E-state index < -0.39 is 20.0 Å². The van der Waals surface area contributed by atoms with Gasteiger partial charge in [-0.1, -0.05) is 38.4 Å². The van der Waals surface area contributed by atoms with Crippen LogP contribution in [-0.2, 0) is 31.3 Å². The first kappa shape index (κ1) is 27.0. The molecule has 0 amide bonds. The van der Waals surface area contributed by atoms with E-state index in [0.717, 1.165) is 12.2 Å². The van der Waals surface area contributed by atoms with Gasteiger partial charge < -0.3 is 10.2 Å². The summed E-state index contributed by atoms with van der Waals surface area (Å²) in [6.07, 6.45) is 1.67. The Labute approximate surface area is 204 Å². The summed E-state index contributed by atoms with van der Waals surface area (Å²) in [5.74, 6) is -1.96. The number of carbonyl (C=O) groups is 2. The SMILES string of the molecule is C=CC(=O)O.C=CC(=O)O.C[Si](C)(c1cc2ccccc2[cH-]1)c1cc2ccccc2[cH-]1.[Ti+2]. The summed E-state index contributed by atoms with van der Waals surface area (Å²) >= 11 is 0. The molecule has 0 aromatic heterocycles. The van der Waals surface area contributed by atoms with E-state index >= 15 is 0 Å². The second kappa shape index (κ2) is 12.2. The van der Waals surface area contributed by atoms with Crippen LogP contribution in [0, 0.1) is 0 Å². The minimum Gasteiger partial charge on any atom is -0.478 e. The summed E-state index contributed by atoms with van der Waals surface area (Å²) in [5, 5.41) is 23.7. The van der Waals surface area contributed by atoms with Crippen LogP contribution in [0.4, 0.5) is 0 Å². The fourth-order valence-electron chi connectivity index (χ4n) is 3.19. The number of rotatable bonds is 4. The van der Waals surface area contributed by atoms with Crippen molar-refractivity contribution in [2.45, 2.75) is 13.1 Å². The Hall–Kier alpha value is -2.99. The van der Waals surface area contributed by atoms with E-state index in [2.05, 4.69) is 99.0 Å². The zero-order chi connectivity index (χ0) is 23.0. The van der Waals surface area contributed by atoms with Gasteiger partial charge in [-0.2, -0.15) is 22.9 Å². The number of hydrogen-bond donors (Lipinski definition) is 2. The molecule has 162 valence electrons. The van der Waals surface area contributed by atoms with E-state index in [-0.39, 0.29) is 21.7 Å². The third-order valence-corrected chi connectivity index (χ3v) is 8.49. The van der Waals surface area contributed by atoms with Crippen molar-refractivity contribution in [2.24, 2.45) is 0 Å². The Morgan fingerprint density at radius 3 is 1.38 bits per heavy atom. The van der Waals surface area contributed by atoms with Crippen molar-refractivity contribution in [3.8, 4) is 0 Å². The van der Waals surface area contributed by atoms with Crippen LogP contribution < -0.4 is 10.4 Å². The fraction of sp³-hybridized carbons (Fsp3) is 0.0769. The van der Waals surface area contributed by atoms with Gasteiger partial charge in [0.15, 0.2) is 0 Å². The molecule has 0 saturated carbocycles. The van der Waals surface area contributed by atoms with E-state index in [1.54, 1.807) is 0 Å². The molecule has 4 aromatic carbocycles. The molecular formula is C26H26O4SiTi. The fourth-order valence-corrected chi connectivity index (χ4v) is 5.59. The van der Waals surface area contributed by atoms with E-state index in [0.29, 0.717) is 0 Å². The molecule has 2 N–H and O–H groups in total. The number of aliphatic carboxylic acids is 2. The van der Waals surface area contributed by atoms with Crippen LogP contribution in [0.1, 0.15) is 0 Å². The molecule has 4 nitrogen and oxygen atoms in total. The number of fused-ring (bicyclic) bond motifs is 2. The molecule has 0 atom stereocenters. The van der Waals surface area contributed by atoms with Crippen LogP contribution >= 0.6 is 0 Å². The minimum absolute atomic E-state index is 0. The number of carboxylic acids is 2. The van der Waals surface area contributed by atoms with Crippen LogP contribution in [0.5, 0.6) is 0 Å². The van der Waals surface area contributed by atoms with Crippen molar-refractivity contribution in [1.29, 1.82) is 0 Å². The maximum absolute atomic E-state index is 9.25. The van der Waals surface area contributed by atoms with E-state index in [4.69, 9.17) is 10.2 Å². The Morgan fingerprint density at radius 1 is 0.781 bits per heavy atom. The maximum Gasteiger partial charge on any atom is 2.00 e. The Bertz CT molecular complexity index is 1060. The molecule has 4 rings (SSSR count). The number of hydrogen-bond acceptors (Lipinski definition) is 2. The van der Waals surface area contributed by atoms with Crippen molar-refractivity contribution in [2.75, 3.05) is 0 Å². The van der Waals surface area contributed by atoms with Crippen LogP contribution in [0.25, 0.3) is 21.5 Å². The molecule has 6 heteroatoms. The van der Waals surface area contributed by atoms with E-state index in [1.165, 1.54) is 31.9 Å². The number of benzene rings is 2.